The molecule has 0 spiro atoms. The first-order valence-corrected chi connectivity index (χ1v) is 40.6. The summed E-state index contributed by atoms with van der Waals surface area (Å²) in [5.41, 5.74) is 23.7. The van der Waals surface area contributed by atoms with Gasteiger partial charge in [0, 0.05) is 0 Å². The number of fused-ring (bicyclic) bond motifs is 18. The summed E-state index contributed by atoms with van der Waals surface area (Å²) >= 11 is -2.90. The Labute approximate surface area is 657 Å². The zero-order valence-corrected chi connectivity index (χ0v) is 68.0. The molecule has 0 aliphatic carbocycles. The van der Waals surface area contributed by atoms with Crippen molar-refractivity contribution in [3.63, 3.8) is 0 Å². The second kappa shape index (κ2) is 23.7. The maximum absolute atomic E-state index is 6.45. The minimum atomic E-state index is -2.90. The monoisotopic (exact) mass is 1590 g/mol. The first-order chi connectivity index (χ1) is 54.6. The number of azo groups is 2. The molecule has 0 amide bonds. The summed E-state index contributed by atoms with van der Waals surface area (Å²) in [6.07, 6.45) is 2.22. The van der Waals surface area contributed by atoms with Crippen LogP contribution in [-0.4, -0.2) is 130 Å². The molecule has 0 saturated heterocycles. The number of amidine groups is 4. The van der Waals surface area contributed by atoms with Crippen LogP contribution in [0, 0.1) is 96.9 Å². The first kappa shape index (κ1) is 66.7. The molecule has 0 saturated carbocycles. The number of hydrogen-bond donors (Lipinski definition) is 0. The number of benzene rings is 8. The molecule has 0 N–H and O–H groups in total. The predicted octanol–water partition coefficient (Wildman–Crippen LogP) is 16.1. The van der Waals surface area contributed by atoms with E-state index in [2.05, 4.69) is 272 Å². The van der Waals surface area contributed by atoms with Crippen molar-refractivity contribution < 1.29 is 4.70 Å². The van der Waals surface area contributed by atoms with Crippen molar-refractivity contribution in [2.75, 3.05) is 0 Å². The summed E-state index contributed by atoms with van der Waals surface area (Å²) < 4.78 is 21.7. The Balaban J connectivity index is 1.08. The van der Waals surface area contributed by atoms with E-state index >= 15 is 0 Å². The van der Waals surface area contributed by atoms with Gasteiger partial charge in [0.05, 0.1) is 0 Å². The number of nitrogens with zero attached hydrogens (tertiary/aromatic N) is 24. The van der Waals surface area contributed by atoms with Gasteiger partial charge in [-0.1, -0.05) is 0 Å². The van der Waals surface area contributed by atoms with Gasteiger partial charge in [0.25, 0.3) is 0 Å². The van der Waals surface area contributed by atoms with Crippen LogP contribution in [0.3, 0.4) is 0 Å². The second-order valence-electron chi connectivity index (χ2n) is 30.9. The van der Waals surface area contributed by atoms with E-state index < -0.39 is 21.7 Å². The van der Waals surface area contributed by atoms with Gasteiger partial charge in [-0.25, -0.2) is 0 Å². The van der Waals surface area contributed by atoms with E-state index in [0.717, 1.165) is 212 Å². The maximum atomic E-state index is 6.45. The first-order valence-electron chi connectivity index (χ1n) is 38.1. The zero-order chi connectivity index (χ0) is 77.1. The van der Waals surface area contributed by atoms with Gasteiger partial charge in [0.1, 0.15) is 0 Å². The molecule has 17 aromatic rings. The molecule has 5 aliphatic rings. The van der Waals surface area contributed by atoms with Crippen LogP contribution in [-0.2, 0) is 0 Å². The van der Waals surface area contributed by atoms with Gasteiger partial charge in [0.2, 0.25) is 0 Å². The summed E-state index contributed by atoms with van der Waals surface area (Å²) in [5.74, 6) is 2.82. The molecule has 6 bridgehead atoms. The molecule has 548 valence electrons. The zero-order valence-electron chi connectivity index (χ0n) is 65.2. The summed E-state index contributed by atoms with van der Waals surface area (Å²) in [4.78, 5) is 38.0. The van der Waals surface area contributed by atoms with Crippen LogP contribution in [0.5, 0.6) is 0 Å². The van der Waals surface area contributed by atoms with Gasteiger partial charge in [-0.2, -0.15) is 0 Å². The van der Waals surface area contributed by atoms with Gasteiger partial charge in [-0.15, -0.1) is 0 Å². The average Bonchev–Trinajstić information content (AvgIpc) is 1.53. The van der Waals surface area contributed by atoms with Crippen LogP contribution in [0.2, 0.25) is 0 Å². The van der Waals surface area contributed by atoms with Crippen LogP contribution in [0.1, 0.15) is 116 Å². The number of rotatable bonds is 8. The van der Waals surface area contributed by atoms with Gasteiger partial charge in [-0.3, -0.25) is 0 Å². The fourth-order valence-electron chi connectivity index (χ4n) is 18.6. The fraction of sp³-hybridized carbons (Fsp3) is 0.193. The molecule has 2 radical (unpaired) electrons. The molecule has 9 aromatic heterocycles. The van der Waals surface area contributed by atoms with Crippen molar-refractivity contribution in [1.29, 1.82) is 0 Å². The van der Waals surface area contributed by atoms with Crippen molar-refractivity contribution in [1.82, 2.24) is 74.0 Å². The summed E-state index contributed by atoms with van der Waals surface area (Å²) in [6, 6.07) is 49.2. The number of aliphatic imine (C=N–C) groups is 4. The quantitative estimate of drug-likeness (QED) is 0.106. The van der Waals surface area contributed by atoms with Crippen molar-refractivity contribution >= 4 is 127 Å². The number of allylic oxidation sites excluding steroid dienone is 1. The van der Waals surface area contributed by atoms with E-state index in [1.54, 1.807) is 0 Å². The minimum absolute atomic E-state index is 0.219. The molecule has 25 heteroatoms. The predicted molar refractivity (Wildman–Crippen MR) is 443 cm³/mol. The standard InChI is InChI=1S/C88H73N24.Sn/c1-41-33-49(9)105(97-41)73-57-25-17-18-26-58(57)74(106-50(10)34-42(2)98-106)66-65(73)81-89-82(66)94-84-69-70(78(110-54(14)38-46(6)102-110)62-30-22-21-29-61(62)77(69)109-53(13)37-45(5)101-109)86(91-84)96-88-72-71(79(111-55(15)39-47(7)103-111)63-31-23-24-32-64(63)80(72)112-56(16)40-48(8)104-112)87(92-88)95-85-68-67(83(90-85)93-81)75(107-51(11)35-43(3)99-107)59-27-19-20-28-60(59)76(68)108-52(12)36-44(4)100-108;/h17-40,49H,1-16H3;/q-1;+2. The molecule has 24 nitrogen and oxygen atoms in total. The van der Waals surface area contributed by atoms with E-state index in [-0.39, 0.29) is 6.04 Å². The van der Waals surface area contributed by atoms with Gasteiger partial charge in [0.15, 0.2) is 0 Å². The number of hydrogen-bond acceptors (Lipinski definition) is 14. The number of aryl methyl sites for hydroxylation is 14. The van der Waals surface area contributed by atoms with Crippen molar-refractivity contribution in [2.24, 2.45) is 35.1 Å². The Morgan fingerprint density at radius 2 is 0.558 bits per heavy atom. The molecular weight excluding hydrogens is 1510 g/mol. The van der Waals surface area contributed by atoms with Crippen LogP contribution in [0.4, 0.5) is 17.3 Å². The van der Waals surface area contributed by atoms with Crippen LogP contribution in [0.25, 0.3) is 104 Å². The second-order valence-corrected chi connectivity index (χ2v) is 34.0. The summed E-state index contributed by atoms with van der Waals surface area (Å²) in [6.45, 7) is 33.5. The van der Waals surface area contributed by atoms with E-state index in [1.807, 2.05) is 27.7 Å². The molecule has 14 heterocycles. The Morgan fingerprint density at radius 3 is 0.850 bits per heavy atom. The summed E-state index contributed by atoms with van der Waals surface area (Å²) in [5, 5.41) is 54.3. The molecule has 5 aliphatic heterocycles. The Bertz CT molecular complexity index is 7550. The Morgan fingerprint density at radius 1 is 0.292 bits per heavy atom. The molecule has 1 atom stereocenters. The molecule has 8 aromatic carbocycles. The Hall–Kier alpha value is -13.2. The van der Waals surface area contributed by atoms with Crippen LogP contribution < -0.4 is 11.0 Å². The SMILES string of the molecule is CC1=CC(C)[N+](c2c3ccccc3c(-n3nc(C)cc3C)c3c4[n]5c(c23)N=C2N=C(N=c3c6c(-n7nc(C)cc7C)c7ccccc7c(-n7nc(C)cc7C)c6c([n]3[Sn]5)=NC3=NC(=N4)c4c3c(-n3nc(C)cc3C)c3ccccc3c4-n3nc(C)cc3C)c3c2c(-n2nc(C)cc2C)c2ccccc2c3-n2nc(C)cc2C)=N1. The van der Waals surface area contributed by atoms with E-state index in [0.29, 0.717) is 51.5 Å². The van der Waals surface area contributed by atoms with E-state index in [9.17, 15) is 0 Å². The van der Waals surface area contributed by atoms with E-state index in [4.69, 9.17) is 70.8 Å². The average molecular weight is 1590 g/mol. The van der Waals surface area contributed by atoms with Crippen LogP contribution in [0.15, 0.2) is 186 Å². The third-order valence-corrected chi connectivity index (χ3v) is 26.2. The molecule has 0 fully saturated rings. The molecular formula is C88H73N24Sn+. The molecule has 1 unspecified atom stereocenters. The van der Waals surface area contributed by atoms with E-state index in [1.165, 1.54) is 0 Å². The third-order valence-electron chi connectivity index (χ3n) is 22.7. The summed E-state index contributed by atoms with van der Waals surface area (Å²) in [7, 11) is 0. The van der Waals surface area contributed by atoms with Gasteiger partial charge < -0.3 is 0 Å². The normalized spacial score (nSPS) is 14.9. The van der Waals surface area contributed by atoms with Gasteiger partial charge in [-0.05, 0) is 0 Å². The molecule has 113 heavy (non-hydrogen) atoms. The van der Waals surface area contributed by atoms with Crippen LogP contribution >= 0.6 is 0 Å². The van der Waals surface area contributed by atoms with Crippen molar-refractivity contribution in [3.8, 4) is 39.8 Å². The molecule has 22 rings (SSSR count). The van der Waals surface area contributed by atoms with Crippen molar-refractivity contribution in [3.05, 3.63) is 264 Å². The van der Waals surface area contributed by atoms with Crippen molar-refractivity contribution in [2.45, 2.75) is 117 Å². The van der Waals surface area contributed by atoms with Gasteiger partial charge >= 0.3 is 662 Å². The fourth-order valence-corrected chi connectivity index (χ4v) is 22.1. The number of aromatic nitrogens is 16. The topological polar surface area (TPSA) is 224 Å². The Kier molecular flexibility index (Phi) is 14.0. The third kappa shape index (κ3) is 9.33.